The number of aromatic nitrogens is 1. The standard InChI is InChI=1S/C26H22N2O3/c1-16(26(30)31-2)28-24(18-12-6-7-13-19(18)25(28)29)22-20-14-8-9-15-21(20)27-23(22)17-10-4-3-5-11-17/h3-16,24,27H,1-2H3/t16-,24+/m1/s1. The first-order chi connectivity index (χ1) is 15.1. The van der Waals surface area contributed by atoms with Gasteiger partial charge in [-0.15, -0.1) is 0 Å². The number of ether oxygens (including phenoxy) is 1. The number of amides is 1. The van der Waals surface area contributed by atoms with Crippen LogP contribution < -0.4 is 0 Å². The summed E-state index contributed by atoms with van der Waals surface area (Å²) in [4.78, 5) is 31.2. The van der Waals surface area contributed by atoms with E-state index in [1.807, 2.05) is 72.8 Å². The van der Waals surface area contributed by atoms with Gasteiger partial charge >= 0.3 is 5.97 Å². The Bertz CT molecular complexity index is 1290. The molecular weight excluding hydrogens is 388 g/mol. The summed E-state index contributed by atoms with van der Waals surface area (Å²) >= 11 is 0. The zero-order chi connectivity index (χ0) is 21.5. The van der Waals surface area contributed by atoms with Crippen LogP contribution in [0.15, 0.2) is 78.9 Å². The average molecular weight is 410 g/mol. The van der Waals surface area contributed by atoms with E-state index in [1.54, 1.807) is 11.8 Å². The quantitative estimate of drug-likeness (QED) is 0.485. The Morgan fingerprint density at radius 3 is 2.42 bits per heavy atom. The number of carbonyl (C=O) groups is 2. The van der Waals surface area contributed by atoms with Crippen LogP contribution in [-0.4, -0.2) is 34.9 Å². The number of H-pyrrole nitrogens is 1. The molecule has 1 aliphatic heterocycles. The van der Waals surface area contributed by atoms with Crippen molar-refractivity contribution < 1.29 is 14.3 Å². The van der Waals surface area contributed by atoms with Gasteiger partial charge in [-0.1, -0.05) is 66.7 Å². The van der Waals surface area contributed by atoms with E-state index in [0.29, 0.717) is 5.56 Å². The highest BCUT2D eigenvalue weighted by molar-refractivity contribution is 6.03. The van der Waals surface area contributed by atoms with E-state index in [2.05, 4.69) is 11.1 Å². The number of fused-ring (bicyclic) bond motifs is 2. The molecule has 0 saturated carbocycles. The maximum absolute atomic E-state index is 13.5. The largest absolute Gasteiger partial charge is 0.467 e. The van der Waals surface area contributed by atoms with Gasteiger partial charge in [0, 0.05) is 22.0 Å². The maximum atomic E-state index is 13.5. The molecule has 154 valence electrons. The van der Waals surface area contributed by atoms with Crippen LogP contribution in [0.1, 0.15) is 34.5 Å². The Hall–Kier alpha value is -3.86. The Morgan fingerprint density at radius 1 is 0.968 bits per heavy atom. The van der Waals surface area contributed by atoms with Crippen LogP contribution in [0.25, 0.3) is 22.2 Å². The van der Waals surface area contributed by atoms with Crippen LogP contribution >= 0.6 is 0 Å². The zero-order valence-corrected chi connectivity index (χ0v) is 17.3. The Kier molecular flexibility index (Phi) is 4.59. The lowest BCUT2D eigenvalue weighted by atomic mass is 9.93. The Morgan fingerprint density at radius 2 is 1.65 bits per heavy atom. The van der Waals surface area contributed by atoms with Crippen molar-refractivity contribution >= 4 is 22.8 Å². The second-order valence-corrected chi connectivity index (χ2v) is 7.73. The van der Waals surface area contributed by atoms with Gasteiger partial charge in [0.15, 0.2) is 0 Å². The van der Waals surface area contributed by atoms with Crippen LogP contribution in [0.4, 0.5) is 0 Å². The second kappa shape index (κ2) is 7.43. The minimum Gasteiger partial charge on any atom is -0.467 e. The summed E-state index contributed by atoms with van der Waals surface area (Å²) in [5.41, 5.74) is 5.45. The predicted octanol–water partition coefficient (Wildman–Crippen LogP) is 4.94. The Balaban J connectivity index is 1.81. The fourth-order valence-corrected chi connectivity index (χ4v) is 4.59. The van der Waals surface area contributed by atoms with E-state index in [4.69, 9.17) is 4.74 Å². The molecule has 0 saturated heterocycles. The highest BCUT2D eigenvalue weighted by atomic mass is 16.5. The third-order valence-electron chi connectivity index (χ3n) is 6.04. The monoisotopic (exact) mass is 410 g/mol. The van der Waals surface area contributed by atoms with Crippen molar-refractivity contribution in [2.24, 2.45) is 0 Å². The van der Waals surface area contributed by atoms with Crippen molar-refractivity contribution in [3.63, 3.8) is 0 Å². The number of rotatable bonds is 4. The summed E-state index contributed by atoms with van der Waals surface area (Å²) in [5.74, 6) is -0.602. The fraction of sp³-hybridized carbons (Fsp3) is 0.154. The van der Waals surface area contributed by atoms with Crippen LogP contribution in [0.2, 0.25) is 0 Å². The molecule has 1 aliphatic rings. The number of nitrogens with one attached hydrogen (secondary N) is 1. The van der Waals surface area contributed by atoms with Crippen molar-refractivity contribution in [3.05, 3.63) is 95.6 Å². The van der Waals surface area contributed by atoms with Gasteiger partial charge in [0.05, 0.1) is 18.8 Å². The van der Waals surface area contributed by atoms with Gasteiger partial charge in [-0.05, 0) is 30.2 Å². The molecule has 3 aromatic carbocycles. The summed E-state index contributed by atoms with van der Waals surface area (Å²) in [6.07, 6.45) is 0. The van der Waals surface area contributed by atoms with Crippen LogP contribution in [0.5, 0.6) is 0 Å². The third-order valence-corrected chi connectivity index (χ3v) is 6.04. The first kappa shape index (κ1) is 19.1. The molecular formula is C26H22N2O3. The van der Waals surface area contributed by atoms with E-state index >= 15 is 0 Å². The number of aromatic amines is 1. The number of benzene rings is 3. The Labute approximate surface area is 180 Å². The van der Waals surface area contributed by atoms with Gasteiger partial charge < -0.3 is 14.6 Å². The molecule has 5 rings (SSSR count). The van der Waals surface area contributed by atoms with Crippen molar-refractivity contribution in [2.45, 2.75) is 19.0 Å². The van der Waals surface area contributed by atoms with Crippen molar-refractivity contribution in [1.29, 1.82) is 0 Å². The molecule has 1 amide bonds. The lowest BCUT2D eigenvalue weighted by Gasteiger charge is -2.30. The highest BCUT2D eigenvalue weighted by Gasteiger charge is 2.44. The average Bonchev–Trinajstić information content (AvgIpc) is 3.34. The predicted molar refractivity (Wildman–Crippen MR) is 120 cm³/mol. The molecule has 5 heteroatoms. The number of nitrogens with zero attached hydrogens (tertiary/aromatic N) is 1. The number of carbonyl (C=O) groups excluding carboxylic acids is 2. The SMILES string of the molecule is COC(=O)[C@@H](C)N1C(=O)c2ccccc2[C@H]1c1c(-c2ccccc2)[nH]c2ccccc12. The molecule has 1 N–H and O–H groups in total. The van der Waals surface area contributed by atoms with Crippen molar-refractivity contribution in [1.82, 2.24) is 9.88 Å². The maximum Gasteiger partial charge on any atom is 0.328 e. The molecule has 2 atom stereocenters. The van der Waals surface area contributed by atoms with Gasteiger partial charge in [0.25, 0.3) is 5.91 Å². The van der Waals surface area contributed by atoms with Crippen LogP contribution in [0, 0.1) is 0 Å². The van der Waals surface area contributed by atoms with E-state index in [9.17, 15) is 9.59 Å². The topological polar surface area (TPSA) is 62.4 Å². The highest BCUT2D eigenvalue weighted by Crippen LogP contribution is 2.46. The molecule has 5 nitrogen and oxygen atoms in total. The van der Waals surface area contributed by atoms with E-state index in [0.717, 1.165) is 33.3 Å². The number of para-hydroxylation sites is 1. The van der Waals surface area contributed by atoms with Gasteiger partial charge in [-0.25, -0.2) is 4.79 Å². The molecule has 0 aliphatic carbocycles. The molecule has 2 heterocycles. The molecule has 0 radical (unpaired) electrons. The second-order valence-electron chi connectivity index (χ2n) is 7.73. The summed E-state index contributed by atoms with van der Waals surface area (Å²) in [7, 11) is 1.35. The van der Waals surface area contributed by atoms with Crippen LogP contribution in [-0.2, 0) is 9.53 Å². The number of hydrogen-bond acceptors (Lipinski definition) is 3. The third kappa shape index (κ3) is 2.93. The lowest BCUT2D eigenvalue weighted by molar-refractivity contribution is -0.145. The molecule has 0 bridgehead atoms. The summed E-state index contributed by atoms with van der Waals surface area (Å²) < 4.78 is 5.00. The fourth-order valence-electron chi connectivity index (χ4n) is 4.59. The smallest absolute Gasteiger partial charge is 0.328 e. The van der Waals surface area contributed by atoms with Gasteiger partial charge in [0.2, 0.25) is 0 Å². The lowest BCUT2D eigenvalue weighted by Crippen LogP contribution is -2.42. The minimum atomic E-state index is -0.729. The van der Waals surface area contributed by atoms with E-state index in [-0.39, 0.29) is 5.91 Å². The van der Waals surface area contributed by atoms with E-state index in [1.165, 1.54) is 7.11 Å². The first-order valence-electron chi connectivity index (χ1n) is 10.3. The van der Waals surface area contributed by atoms with Crippen LogP contribution in [0.3, 0.4) is 0 Å². The molecule has 4 aromatic rings. The zero-order valence-electron chi connectivity index (χ0n) is 17.3. The number of methoxy groups -OCH3 is 1. The van der Waals surface area contributed by atoms with E-state index < -0.39 is 18.1 Å². The van der Waals surface area contributed by atoms with Crippen molar-refractivity contribution in [3.8, 4) is 11.3 Å². The molecule has 1 aromatic heterocycles. The number of hydrogen-bond donors (Lipinski definition) is 1. The molecule has 31 heavy (non-hydrogen) atoms. The van der Waals surface area contributed by atoms with Crippen molar-refractivity contribution in [2.75, 3.05) is 7.11 Å². The molecule has 0 fully saturated rings. The summed E-state index contributed by atoms with van der Waals surface area (Å²) in [6, 6.07) is 24.6. The summed E-state index contributed by atoms with van der Waals surface area (Å²) in [5, 5.41) is 1.03. The normalized spacial score (nSPS) is 16.4. The molecule has 0 unspecified atom stereocenters. The molecule has 0 spiro atoms. The number of esters is 1. The van der Waals surface area contributed by atoms with Gasteiger partial charge in [-0.2, -0.15) is 0 Å². The van der Waals surface area contributed by atoms with Gasteiger partial charge in [0.1, 0.15) is 6.04 Å². The first-order valence-corrected chi connectivity index (χ1v) is 10.3. The summed E-state index contributed by atoms with van der Waals surface area (Å²) in [6.45, 7) is 1.72. The van der Waals surface area contributed by atoms with Gasteiger partial charge in [-0.3, -0.25) is 4.79 Å². The minimum absolute atomic E-state index is 0.164.